The minimum absolute atomic E-state index is 0.105. The SMILES string of the molecule is CC(C)c1noc(C(NC(=O)c2ccsc2)C2CCOCC2)n1. The fraction of sp³-hybridized carbons (Fsp3) is 0.562. The second-order valence-corrected chi connectivity index (χ2v) is 6.84. The van der Waals surface area contributed by atoms with Crippen LogP contribution in [0.3, 0.4) is 0 Å². The summed E-state index contributed by atoms with van der Waals surface area (Å²) in [4.78, 5) is 16.9. The first-order valence-corrected chi connectivity index (χ1v) is 8.83. The summed E-state index contributed by atoms with van der Waals surface area (Å²) in [6.45, 7) is 5.42. The summed E-state index contributed by atoms with van der Waals surface area (Å²) in [5.41, 5.74) is 0.663. The molecule has 7 heteroatoms. The molecule has 0 aromatic carbocycles. The molecule has 1 atom stereocenters. The third-order valence-corrected chi connectivity index (χ3v) is 4.73. The van der Waals surface area contributed by atoms with E-state index in [-0.39, 0.29) is 23.8 Å². The van der Waals surface area contributed by atoms with E-state index in [1.54, 1.807) is 0 Å². The molecule has 1 unspecified atom stereocenters. The Morgan fingerprint density at radius 2 is 2.17 bits per heavy atom. The Morgan fingerprint density at radius 3 is 2.78 bits per heavy atom. The van der Waals surface area contributed by atoms with Gasteiger partial charge in [0, 0.05) is 24.5 Å². The summed E-state index contributed by atoms with van der Waals surface area (Å²) < 4.78 is 10.9. The van der Waals surface area contributed by atoms with E-state index in [0.29, 0.717) is 30.5 Å². The topological polar surface area (TPSA) is 77.2 Å². The monoisotopic (exact) mass is 335 g/mol. The van der Waals surface area contributed by atoms with E-state index in [0.717, 1.165) is 12.8 Å². The van der Waals surface area contributed by atoms with E-state index in [1.807, 2.05) is 30.7 Å². The number of nitrogens with zero attached hydrogens (tertiary/aromatic N) is 2. The molecule has 0 saturated carbocycles. The highest BCUT2D eigenvalue weighted by Gasteiger charge is 2.32. The van der Waals surface area contributed by atoms with Gasteiger partial charge in [0.25, 0.3) is 5.91 Å². The Bertz CT molecular complexity index is 633. The number of hydrogen-bond acceptors (Lipinski definition) is 6. The average Bonchev–Trinajstić information content (AvgIpc) is 3.24. The smallest absolute Gasteiger partial charge is 0.252 e. The first kappa shape index (κ1) is 16.1. The van der Waals surface area contributed by atoms with Gasteiger partial charge in [-0.2, -0.15) is 16.3 Å². The maximum absolute atomic E-state index is 12.4. The Morgan fingerprint density at radius 1 is 1.39 bits per heavy atom. The molecule has 23 heavy (non-hydrogen) atoms. The third kappa shape index (κ3) is 3.79. The first-order valence-electron chi connectivity index (χ1n) is 7.89. The fourth-order valence-electron chi connectivity index (χ4n) is 2.66. The number of ether oxygens (including phenoxy) is 1. The quantitative estimate of drug-likeness (QED) is 0.908. The van der Waals surface area contributed by atoms with Gasteiger partial charge in [0.2, 0.25) is 5.89 Å². The van der Waals surface area contributed by atoms with Crippen molar-refractivity contribution in [1.82, 2.24) is 15.5 Å². The number of aromatic nitrogens is 2. The van der Waals surface area contributed by atoms with Gasteiger partial charge in [-0.05, 0) is 30.2 Å². The van der Waals surface area contributed by atoms with Crippen molar-refractivity contribution in [3.63, 3.8) is 0 Å². The largest absolute Gasteiger partial charge is 0.381 e. The van der Waals surface area contributed by atoms with Crippen LogP contribution in [-0.2, 0) is 4.74 Å². The van der Waals surface area contributed by atoms with Gasteiger partial charge >= 0.3 is 0 Å². The van der Waals surface area contributed by atoms with Crippen LogP contribution in [0, 0.1) is 5.92 Å². The summed E-state index contributed by atoms with van der Waals surface area (Å²) in [6, 6.07) is 1.54. The van der Waals surface area contributed by atoms with Crippen molar-refractivity contribution in [3.8, 4) is 0 Å². The van der Waals surface area contributed by atoms with Gasteiger partial charge in [0.15, 0.2) is 5.82 Å². The molecule has 124 valence electrons. The number of rotatable bonds is 5. The summed E-state index contributed by atoms with van der Waals surface area (Å²) in [6.07, 6.45) is 1.74. The van der Waals surface area contributed by atoms with E-state index in [4.69, 9.17) is 9.26 Å². The van der Waals surface area contributed by atoms with Crippen LogP contribution in [0.2, 0.25) is 0 Å². The number of amides is 1. The second-order valence-electron chi connectivity index (χ2n) is 6.06. The van der Waals surface area contributed by atoms with E-state index < -0.39 is 0 Å². The van der Waals surface area contributed by atoms with Gasteiger partial charge in [0.05, 0.1) is 5.56 Å². The average molecular weight is 335 g/mol. The Hall–Kier alpha value is -1.73. The number of hydrogen-bond donors (Lipinski definition) is 1. The molecule has 0 bridgehead atoms. The normalized spacial score (nSPS) is 17.3. The predicted octanol–water partition coefficient (Wildman–Crippen LogP) is 3.15. The summed E-state index contributed by atoms with van der Waals surface area (Å²) in [7, 11) is 0. The molecular formula is C16H21N3O3S. The van der Waals surface area contributed by atoms with Gasteiger partial charge in [-0.1, -0.05) is 19.0 Å². The van der Waals surface area contributed by atoms with Crippen LogP contribution in [0.4, 0.5) is 0 Å². The van der Waals surface area contributed by atoms with Gasteiger partial charge in [-0.3, -0.25) is 4.79 Å². The van der Waals surface area contributed by atoms with Crippen molar-refractivity contribution in [1.29, 1.82) is 0 Å². The second kappa shape index (κ2) is 7.23. The molecule has 1 aliphatic heterocycles. The third-order valence-electron chi connectivity index (χ3n) is 4.05. The van der Waals surface area contributed by atoms with Crippen molar-refractivity contribution in [3.05, 3.63) is 34.1 Å². The van der Waals surface area contributed by atoms with Crippen LogP contribution < -0.4 is 5.32 Å². The van der Waals surface area contributed by atoms with Crippen molar-refractivity contribution >= 4 is 17.2 Å². The van der Waals surface area contributed by atoms with E-state index in [1.165, 1.54) is 11.3 Å². The number of thiophene rings is 1. The Balaban J connectivity index is 1.81. The standard InChI is InChI=1S/C16H21N3O3S/c1-10(2)14-18-16(22-19-14)13(11-3-6-21-7-4-11)17-15(20)12-5-8-23-9-12/h5,8-11,13H,3-4,6-7H2,1-2H3,(H,17,20). The van der Waals surface area contributed by atoms with Crippen LogP contribution >= 0.6 is 11.3 Å². The highest BCUT2D eigenvalue weighted by atomic mass is 32.1. The minimum atomic E-state index is -0.272. The minimum Gasteiger partial charge on any atom is -0.381 e. The van der Waals surface area contributed by atoms with Crippen LogP contribution in [0.25, 0.3) is 0 Å². The molecule has 1 amide bonds. The first-order chi connectivity index (χ1) is 11.1. The molecular weight excluding hydrogens is 314 g/mol. The molecule has 0 aliphatic carbocycles. The molecule has 2 aromatic heterocycles. The van der Waals surface area contributed by atoms with Gasteiger partial charge in [-0.25, -0.2) is 0 Å². The lowest BCUT2D eigenvalue weighted by atomic mass is 9.91. The zero-order chi connectivity index (χ0) is 16.2. The fourth-order valence-corrected chi connectivity index (χ4v) is 3.29. The molecule has 1 fully saturated rings. The molecule has 1 aliphatic rings. The molecule has 0 spiro atoms. The van der Waals surface area contributed by atoms with Crippen molar-refractivity contribution in [2.75, 3.05) is 13.2 Å². The number of carbonyl (C=O) groups is 1. The van der Waals surface area contributed by atoms with Gasteiger partial charge in [-0.15, -0.1) is 0 Å². The lowest BCUT2D eigenvalue weighted by Crippen LogP contribution is -2.36. The van der Waals surface area contributed by atoms with Crippen LogP contribution in [-0.4, -0.2) is 29.3 Å². The molecule has 1 N–H and O–H groups in total. The Labute approximate surface area is 139 Å². The van der Waals surface area contributed by atoms with Crippen molar-refractivity contribution < 1.29 is 14.1 Å². The lowest BCUT2D eigenvalue weighted by Gasteiger charge is -2.28. The van der Waals surface area contributed by atoms with Gasteiger partial charge in [0.1, 0.15) is 6.04 Å². The highest BCUT2D eigenvalue weighted by Crippen LogP contribution is 2.30. The van der Waals surface area contributed by atoms with Crippen molar-refractivity contribution in [2.45, 2.75) is 38.6 Å². The van der Waals surface area contributed by atoms with E-state index in [2.05, 4.69) is 15.5 Å². The van der Waals surface area contributed by atoms with Crippen molar-refractivity contribution in [2.24, 2.45) is 5.92 Å². The zero-order valence-electron chi connectivity index (χ0n) is 13.3. The molecule has 0 radical (unpaired) electrons. The maximum atomic E-state index is 12.4. The predicted molar refractivity (Wildman–Crippen MR) is 86.5 cm³/mol. The summed E-state index contributed by atoms with van der Waals surface area (Å²) >= 11 is 1.50. The Kier molecular flexibility index (Phi) is 5.07. The lowest BCUT2D eigenvalue weighted by molar-refractivity contribution is 0.0468. The molecule has 3 heterocycles. The van der Waals surface area contributed by atoms with Crippen LogP contribution in [0.1, 0.15) is 60.7 Å². The van der Waals surface area contributed by atoms with E-state index in [9.17, 15) is 4.79 Å². The molecule has 3 rings (SSSR count). The molecule has 1 saturated heterocycles. The molecule has 2 aromatic rings. The van der Waals surface area contributed by atoms with Crippen LogP contribution in [0.5, 0.6) is 0 Å². The zero-order valence-corrected chi connectivity index (χ0v) is 14.1. The maximum Gasteiger partial charge on any atom is 0.252 e. The van der Waals surface area contributed by atoms with Gasteiger partial charge < -0.3 is 14.6 Å². The molecule has 6 nitrogen and oxygen atoms in total. The van der Waals surface area contributed by atoms with E-state index >= 15 is 0 Å². The van der Waals surface area contributed by atoms with Crippen LogP contribution in [0.15, 0.2) is 21.3 Å². The number of carbonyl (C=O) groups excluding carboxylic acids is 1. The summed E-state index contributed by atoms with van der Waals surface area (Å²) in [5.74, 6) is 1.49. The highest BCUT2D eigenvalue weighted by molar-refractivity contribution is 7.08. The number of nitrogens with one attached hydrogen (secondary N) is 1. The summed E-state index contributed by atoms with van der Waals surface area (Å²) in [5, 5.41) is 10.8.